The van der Waals surface area contributed by atoms with Crippen molar-refractivity contribution in [3.05, 3.63) is 0 Å². The summed E-state index contributed by atoms with van der Waals surface area (Å²) in [6.07, 6.45) is -4.51. The summed E-state index contributed by atoms with van der Waals surface area (Å²) in [4.78, 5) is 10.7. The van der Waals surface area contributed by atoms with Gasteiger partial charge in [0, 0.05) is 13.0 Å². The number of aliphatic hydroxyl groups is 3. The van der Waals surface area contributed by atoms with Crippen molar-refractivity contribution in [2.75, 3.05) is 13.2 Å². The van der Waals surface area contributed by atoms with Gasteiger partial charge in [0.2, 0.25) is 0 Å². The molecule has 0 saturated carbocycles. The molecule has 2 fully saturated rings. The number of rotatable bonds is 4. The largest absolute Gasteiger partial charge is 0.480 e. The Morgan fingerprint density at radius 1 is 1.39 bits per heavy atom. The third-order valence-corrected chi connectivity index (χ3v) is 3.21. The molecule has 0 bridgehead atoms. The normalized spacial score (nSPS) is 44.4. The van der Waals surface area contributed by atoms with Gasteiger partial charge in [-0.15, -0.1) is 0 Å². The summed E-state index contributed by atoms with van der Waals surface area (Å²) < 4.78 is 10.5. The number of aliphatic hydroxyl groups excluding tert-OH is 3. The topological polar surface area (TPSA) is 128 Å². The Balaban J connectivity index is 1.86. The minimum atomic E-state index is -1.24. The Morgan fingerprint density at radius 3 is 2.61 bits per heavy atom. The first-order valence-electron chi connectivity index (χ1n) is 5.77. The van der Waals surface area contributed by atoms with Crippen LogP contribution in [0.1, 0.15) is 6.42 Å². The van der Waals surface area contributed by atoms with Crippen LogP contribution in [-0.2, 0) is 14.3 Å². The van der Waals surface area contributed by atoms with E-state index in [0.29, 0.717) is 6.54 Å². The lowest BCUT2D eigenvalue weighted by Gasteiger charge is -2.19. The van der Waals surface area contributed by atoms with Crippen LogP contribution < -0.4 is 5.32 Å². The zero-order chi connectivity index (χ0) is 13.3. The van der Waals surface area contributed by atoms with Crippen LogP contribution in [0, 0.1) is 0 Å². The summed E-state index contributed by atoms with van der Waals surface area (Å²) in [6, 6.07) is -0.674. The molecular weight excluding hydrogens is 246 g/mol. The molecule has 0 unspecified atom stereocenters. The summed E-state index contributed by atoms with van der Waals surface area (Å²) in [5.74, 6) is -0.956. The molecule has 0 amide bonds. The fourth-order valence-electron chi connectivity index (χ4n) is 2.16. The third kappa shape index (κ3) is 2.63. The Bertz CT molecular complexity index is 313. The number of aliphatic carboxylic acids is 1. The van der Waals surface area contributed by atoms with Gasteiger partial charge in [-0.05, 0) is 0 Å². The van der Waals surface area contributed by atoms with E-state index in [9.17, 15) is 15.0 Å². The second-order valence-electron chi connectivity index (χ2n) is 4.50. The van der Waals surface area contributed by atoms with Gasteiger partial charge in [-0.1, -0.05) is 0 Å². The number of nitrogens with one attached hydrogen (secondary N) is 1. The van der Waals surface area contributed by atoms with E-state index in [1.807, 2.05) is 0 Å². The fourth-order valence-corrected chi connectivity index (χ4v) is 2.16. The standard InChI is InChI=1S/C10H17NO7/c12-3-6-7(13)8(14)10(18-6)17-4-1-5(9(15)16)11-2-4/h4-8,10-14H,1-3H2,(H,15,16)/t4-,5+,6+,7+,8-,10+/m1/s1. The maximum Gasteiger partial charge on any atom is 0.320 e. The van der Waals surface area contributed by atoms with Crippen LogP contribution in [0.25, 0.3) is 0 Å². The van der Waals surface area contributed by atoms with E-state index in [1.165, 1.54) is 0 Å². The smallest absolute Gasteiger partial charge is 0.320 e. The quantitative estimate of drug-likeness (QED) is 0.369. The van der Waals surface area contributed by atoms with Crippen LogP contribution in [-0.4, -0.2) is 76.3 Å². The molecule has 5 N–H and O–H groups in total. The van der Waals surface area contributed by atoms with Gasteiger partial charge in [0.25, 0.3) is 0 Å². The minimum Gasteiger partial charge on any atom is -0.480 e. The first-order chi connectivity index (χ1) is 8.52. The second-order valence-corrected chi connectivity index (χ2v) is 4.50. The molecule has 0 aliphatic carbocycles. The Kier molecular flexibility index (Phi) is 4.15. The van der Waals surface area contributed by atoms with Crippen LogP contribution in [0.2, 0.25) is 0 Å². The molecule has 0 aromatic heterocycles. The van der Waals surface area contributed by atoms with Crippen LogP contribution in [0.5, 0.6) is 0 Å². The number of carboxylic acid groups (broad SMARTS) is 1. The van der Waals surface area contributed by atoms with Crippen molar-refractivity contribution in [2.24, 2.45) is 0 Å². The average Bonchev–Trinajstić information content (AvgIpc) is 2.90. The van der Waals surface area contributed by atoms with Gasteiger partial charge in [0.05, 0.1) is 12.7 Å². The van der Waals surface area contributed by atoms with Gasteiger partial charge in [0.1, 0.15) is 24.4 Å². The van der Waals surface area contributed by atoms with Crippen molar-refractivity contribution in [1.29, 1.82) is 0 Å². The molecule has 0 radical (unpaired) electrons. The lowest BCUT2D eigenvalue weighted by molar-refractivity contribution is -0.190. The van der Waals surface area contributed by atoms with E-state index in [4.69, 9.17) is 19.7 Å². The van der Waals surface area contributed by atoms with E-state index in [0.717, 1.165) is 0 Å². The van der Waals surface area contributed by atoms with Crippen molar-refractivity contribution in [3.63, 3.8) is 0 Å². The molecular formula is C10H17NO7. The maximum atomic E-state index is 10.7. The van der Waals surface area contributed by atoms with Crippen molar-refractivity contribution < 1.29 is 34.7 Å². The van der Waals surface area contributed by atoms with E-state index < -0.39 is 49.3 Å². The molecule has 2 saturated heterocycles. The van der Waals surface area contributed by atoms with Crippen LogP contribution >= 0.6 is 0 Å². The van der Waals surface area contributed by atoms with Crippen molar-refractivity contribution >= 4 is 5.97 Å². The molecule has 0 aromatic rings. The predicted molar refractivity (Wildman–Crippen MR) is 56.7 cm³/mol. The van der Waals surface area contributed by atoms with E-state index >= 15 is 0 Å². The van der Waals surface area contributed by atoms with Gasteiger partial charge < -0.3 is 35.2 Å². The number of hydrogen-bond donors (Lipinski definition) is 5. The lowest BCUT2D eigenvalue weighted by atomic mass is 10.1. The van der Waals surface area contributed by atoms with Crippen LogP contribution in [0.3, 0.4) is 0 Å². The summed E-state index contributed by atoms with van der Waals surface area (Å²) in [5, 5.41) is 39.6. The molecule has 6 atom stereocenters. The highest BCUT2D eigenvalue weighted by Gasteiger charge is 2.45. The molecule has 2 heterocycles. The summed E-state index contributed by atoms with van der Waals surface area (Å²) in [5.41, 5.74) is 0. The highest BCUT2D eigenvalue weighted by Crippen LogP contribution is 2.25. The summed E-state index contributed by atoms with van der Waals surface area (Å²) in [6.45, 7) is -0.0812. The molecule has 2 aliphatic heterocycles. The van der Waals surface area contributed by atoms with Crippen molar-refractivity contribution in [2.45, 2.75) is 43.2 Å². The SMILES string of the molecule is O=C(O)[C@@H]1C[C@@H](O[C@H]2O[C@@H](CO)[C@H](O)[C@H]2O)CN1. The molecule has 0 aromatic carbocycles. The zero-order valence-electron chi connectivity index (χ0n) is 9.60. The number of ether oxygens (including phenoxy) is 2. The van der Waals surface area contributed by atoms with Crippen LogP contribution in [0.4, 0.5) is 0 Å². The lowest BCUT2D eigenvalue weighted by Crippen LogP contribution is -2.36. The summed E-state index contributed by atoms with van der Waals surface area (Å²) >= 11 is 0. The summed E-state index contributed by atoms with van der Waals surface area (Å²) in [7, 11) is 0. The molecule has 18 heavy (non-hydrogen) atoms. The van der Waals surface area contributed by atoms with Gasteiger partial charge in [-0.2, -0.15) is 0 Å². The Morgan fingerprint density at radius 2 is 2.11 bits per heavy atom. The van der Waals surface area contributed by atoms with Gasteiger partial charge in [-0.3, -0.25) is 4.79 Å². The zero-order valence-corrected chi connectivity index (χ0v) is 9.60. The van der Waals surface area contributed by atoms with E-state index in [2.05, 4.69) is 5.32 Å². The molecule has 8 nitrogen and oxygen atoms in total. The molecule has 0 spiro atoms. The number of carbonyl (C=O) groups is 1. The average molecular weight is 263 g/mol. The van der Waals surface area contributed by atoms with Gasteiger partial charge >= 0.3 is 5.97 Å². The highest BCUT2D eigenvalue weighted by atomic mass is 16.7. The number of carboxylic acids is 1. The minimum absolute atomic E-state index is 0.266. The fraction of sp³-hybridized carbons (Fsp3) is 0.900. The second kappa shape index (κ2) is 5.47. The van der Waals surface area contributed by atoms with E-state index in [-0.39, 0.29) is 6.42 Å². The van der Waals surface area contributed by atoms with Crippen LogP contribution in [0.15, 0.2) is 0 Å². The van der Waals surface area contributed by atoms with Gasteiger partial charge in [0.15, 0.2) is 6.29 Å². The number of hydrogen-bond acceptors (Lipinski definition) is 7. The Hall–Kier alpha value is -0.770. The van der Waals surface area contributed by atoms with Gasteiger partial charge in [-0.25, -0.2) is 0 Å². The molecule has 2 aliphatic rings. The predicted octanol–water partition coefficient (Wildman–Crippen LogP) is -2.74. The molecule has 8 heteroatoms. The first-order valence-corrected chi connectivity index (χ1v) is 5.77. The highest BCUT2D eigenvalue weighted by molar-refractivity contribution is 5.73. The molecule has 104 valence electrons. The maximum absolute atomic E-state index is 10.7. The van der Waals surface area contributed by atoms with Crippen molar-refractivity contribution in [1.82, 2.24) is 5.32 Å². The molecule has 2 rings (SSSR count). The van der Waals surface area contributed by atoms with E-state index in [1.54, 1.807) is 0 Å². The monoisotopic (exact) mass is 263 g/mol. The Labute approximate surface area is 103 Å². The van der Waals surface area contributed by atoms with Crippen molar-refractivity contribution in [3.8, 4) is 0 Å². The third-order valence-electron chi connectivity index (χ3n) is 3.21. The first kappa shape index (κ1) is 13.7.